The van der Waals surface area contributed by atoms with Gasteiger partial charge in [0.05, 0.1) is 0 Å². The molecule has 1 unspecified atom stereocenters. The molecule has 3 heteroatoms. The molecule has 2 rings (SSSR count). The van der Waals surface area contributed by atoms with E-state index >= 15 is 0 Å². The molecule has 14 heavy (non-hydrogen) atoms. The third-order valence-corrected chi connectivity index (χ3v) is 2.57. The van der Waals surface area contributed by atoms with Gasteiger partial charge in [0.15, 0.2) is 0 Å². The predicted octanol–water partition coefficient (Wildman–Crippen LogP) is 1.54. The van der Waals surface area contributed by atoms with Gasteiger partial charge >= 0.3 is 0 Å². The Morgan fingerprint density at radius 3 is 3.07 bits per heavy atom. The van der Waals surface area contributed by atoms with Crippen LogP contribution in [0, 0.1) is 5.82 Å². The molecule has 76 valence electrons. The predicted molar refractivity (Wildman–Crippen MR) is 56.0 cm³/mol. The van der Waals surface area contributed by atoms with Gasteiger partial charge in [0.25, 0.3) is 0 Å². The van der Waals surface area contributed by atoms with E-state index in [1.165, 1.54) is 6.07 Å². The summed E-state index contributed by atoms with van der Waals surface area (Å²) in [4.78, 5) is 2.16. The van der Waals surface area contributed by atoms with Crippen LogP contribution in [0.15, 0.2) is 18.2 Å². The Kier molecular flexibility index (Phi) is 2.42. The minimum absolute atomic E-state index is 0.0883. The molecule has 0 radical (unpaired) electrons. The summed E-state index contributed by atoms with van der Waals surface area (Å²) in [5, 5.41) is 0. The average molecular weight is 194 g/mol. The summed E-state index contributed by atoms with van der Waals surface area (Å²) in [6.07, 6.45) is 0.800. The van der Waals surface area contributed by atoms with E-state index in [1.807, 2.05) is 13.0 Å². The Bertz CT molecular complexity index is 336. The maximum Gasteiger partial charge on any atom is 0.128 e. The highest BCUT2D eigenvalue weighted by Gasteiger charge is 2.21. The molecule has 1 aliphatic heterocycles. The van der Waals surface area contributed by atoms with E-state index in [0.29, 0.717) is 0 Å². The van der Waals surface area contributed by atoms with Crippen LogP contribution in [0.2, 0.25) is 0 Å². The number of nitrogens with zero attached hydrogens (tertiary/aromatic N) is 1. The van der Waals surface area contributed by atoms with Gasteiger partial charge in [0.2, 0.25) is 0 Å². The molecule has 1 aromatic rings. The number of halogens is 1. The lowest BCUT2D eigenvalue weighted by Crippen LogP contribution is -2.34. The van der Waals surface area contributed by atoms with Gasteiger partial charge < -0.3 is 10.6 Å². The van der Waals surface area contributed by atoms with Crippen LogP contribution in [0.3, 0.4) is 0 Å². The molecule has 1 aromatic carbocycles. The second-order valence-corrected chi connectivity index (χ2v) is 3.91. The van der Waals surface area contributed by atoms with Crippen LogP contribution >= 0.6 is 0 Å². The maximum atomic E-state index is 13.3. The summed E-state index contributed by atoms with van der Waals surface area (Å²) >= 11 is 0. The van der Waals surface area contributed by atoms with Crippen LogP contribution < -0.4 is 10.6 Å². The van der Waals surface area contributed by atoms with E-state index in [4.69, 9.17) is 5.73 Å². The Labute approximate surface area is 83.5 Å². The standard InChI is InChI=1S/C11H15FN2/c1-8(13)7-14-6-5-9-10(12)3-2-4-11(9)14/h2-4,8H,5-7,13H2,1H3. The molecule has 0 aromatic heterocycles. The van der Waals surface area contributed by atoms with Gasteiger partial charge in [0.1, 0.15) is 5.82 Å². The monoisotopic (exact) mass is 194 g/mol. The first kappa shape index (κ1) is 9.46. The largest absolute Gasteiger partial charge is 0.369 e. The normalized spacial score (nSPS) is 16.9. The summed E-state index contributed by atoms with van der Waals surface area (Å²) in [6, 6.07) is 5.37. The zero-order chi connectivity index (χ0) is 10.1. The van der Waals surface area contributed by atoms with Crippen molar-refractivity contribution in [1.82, 2.24) is 0 Å². The van der Waals surface area contributed by atoms with E-state index in [2.05, 4.69) is 4.90 Å². The van der Waals surface area contributed by atoms with Crippen LogP contribution in [-0.2, 0) is 6.42 Å². The Morgan fingerprint density at radius 2 is 2.36 bits per heavy atom. The van der Waals surface area contributed by atoms with Gasteiger partial charge in [0, 0.05) is 30.4 Å². The van der Waals surface area contributed by atoms with Crippen molar-refractivity contribution in [2.24, 2.45) is 5.73 Å². The molecular formula is C11H15FN2. The first-order valence-corrected chi connectivity index (χ1v) is 4.96. The second-order valence-electron chi connectivity index (χ2n) is 3.91. The van der Waals surface area contributed by atoms with Crippen molar-refractivity contribution in [3.05, 3.63) is 29.6 Å². The SMILES string of the molecule is CC(N)CN1CCc2c(F)cccc21. The van der Waals surface area contributed by atoms with Crippen LogP contribution in [0.5, 0.6) is 0 Å². The van der Waals surface area contributed by atoms with Gasteiger partial charge in [-0.05, 0) is 25.5 Å². The molecule has 2 N–H and O–H groups in total. The highest BCUT2D eigenvalue weighted by Crippen LogP contribution is 2.29. The summed E-state index contributed by atoms with van der Waals surface area (Å²) in [5.74, 6) is -0.0883. The Hall–Kier alpha value is -1.09. The van der Waals surface area contributed by atoms with Crippen LogP contribution in [-0.4, -0.2) is 19.1 Å². The molecule has 0 amide bonds. The minimum Gasteiger partial charge on any atom is -0.369 e. The number of hydrogen-bond donors (Lipinski definition) is 1. The van der Waals surface area contributed by atoms with E-state index in [9.17, 15) is 4.39 Å². The number of benzene rings is 1. The first-order chi connectivity index (χ1) is 6.68. The number of rotatable bonds is 2. The van der Waals surface area contributed by atoms with Gasteiger partial charge in [-0.1, -0.05) is 6.07 Å². The van der Waals surface area contributed by atoms with Gasteiger partial charge in [-0.25, -0.2) is 4.39 Å². The van der Waals surface area contributed by atoms with Crippen molar-refractivity contribution < 1.29 is 4.39 Å². The fourth-order valence-corrected chi connectivity index (χ4v) is 2.00. The zero-order valence-corrected chi connectivity index (χ0v) is 8.33. The third-order valence-electron chi connectivity index (χ3n) is 2.57. The van der Waals surface area contributed by atoms with E-state index in [1.54, 1.807) is 6.07 Å². The molecular weight excluding hydrogens is 179 g/mol. The molecule has 1 aliphatic rings. The summed E-state index contributed by atoms with van der Waals surface area (Å²) in [7, 11) is 0. The first-order valence-electron chi connectivity index (χ1n) is 4.96. The molecule has 2 nitrogen and oxygen atoms in total. The molecule has 0 bridgehead atoms. The van der Waals surface area contributed by atoms with Crippen molar-refractivity contribution in [1.29, 1.82) is 0 Å². The topological polar surface area (TPSA) is 29.3 Å². The number of anilines is 1. The summed E-state index contributed by atoms with van der Waals surface area (Å²) in [6.45, 7) is 3.66. The molecule has 0 fully saturated rings. The van der Waals surface area contributed by atoms with E-state index in [-0.39, 0.29) is 11.9 Å². The molecule has 0 aliphatic carbocycles. The van der Waals surface area contributed by atoms with Crippen molar-refractivity contribution >= 4 is 5.69 Å². The Morgan fingerprint density at radius 1 is 1.57 bits per heavy atom. The van der Waals surface area contributed by atoms with Crippen LogP contribution in [0.25, 0.3) is 0 Å². The average Bonchev–Trinajstić information content (AvgIpc) is 2.49. The quantitative estimate of drug-likeness (QED) is 0.773. The fraction of sp³-hybridized carbons (Fsp3) is 0.455. The number of hydrogen-bond acceptors (Lipinski definition) is 2. The van der Waals surface area contributed by atoms with Crippen molar-refractivity contribution in [2.75, 3.05) is 18.0 Å². The van der Waals surface area contributed by atoms with Crippen LogP contribution in [0.4, 0.5) is 10.1 Å². The molecule has 0 spiro atoms. The molecule has 1 atom stereocenters. The van der Waals surface area contributed by atoms with Crippen molar-refractivity contribution in [3.63, 3.8) is 0 Å². The summed E-state index contributed by atoms with van der Waals surface area (Å²) < 4.78 is 13.3. The smallest absolute Gasteiger partial charge is 0.128 e. The summed E-state index contributed by atoms with van der Waals surface area (Å²) in [5.41, 5.74) is 7.59. The van der Waals surface area contributed by atoms with Crippen molar-refractivity contribution in [3.8, 4) is 0 Å². The lowest BCUT2D eigenvalue weighted by Gasteiger charge is -2.21. The second kappa shape index (κ2) is 3.58. The molecule has 1 heterocycles. The molecule has 0 saturated carbocycles. The lowest BCUT2D eigenvalue weighted by molar-refractivity contribution is 0.615. The molecule has 0 saturated heterocycles. The maximum absolute atomic E-state index is 13.3. The minimum atomic E-state index is -0.0883. The third kappa shape index (κ3) is 1.60. The van der Waals surface area contributed by atoms with Gasteiger partial charge in [-0.15, -0.1) is 0 Å². The van der Waals surface area contributed by atoms with E-state index in [0.717, 1.165) is 30.8 Å². The number of nitrogens with two attached hydrogens (primary N) is 1. The van der Waals surface area contributed by atoms with Crippen LogP contribution in [0.1, 0.15) is 12.5 Å². The lowest BCUT2D eigenvalue weighted by atomic mass is 10.1. The number of fused-ring (bicyclic) bond motifs is 1. The van der Waals surface area contributed by atoms with Crippen molar-refractivity contribution in [2.45, 2.75) is 19.4 Å². The van der Waals surface area contributed by atoms with E-state index < -0.39 is 0 Å². The Balaban J connectivity index is 2.26. The highest BCUT2D eigenvalue weighted by atomic mass is 19.1. The zero-order valence-electron chi connectivity index (χ0n) is 8.33. The highest BCUT2D eigenvalue weighted by molar-refractivity contribution is 5.58. The fourth-order valence-electron chi connectivity index (χ4n) is 2.00. The van der Waals surface area contributed by atoms with Gasteiger partial charge in [-0.3, -0.25) is 0 Å². The van der Waals surface area contributed by atoms with Gasteiger partial charge in [-0.2, -0.15) is 0 Å².